The molecule has 1 aliphatic carbocycles. The lowest BCUT2D eigenvalue weighted by atomic mass is 9.81. The van der Waals surface area contributed by atoms with Gasteiger partial charge >= 0.3 is 0 Å². The number of rotatable bonds is 1. The molecule has 2 N–H and O–H groups in total. The van der Waals surface area contributed by atoms with Crippen LogP contribution >= 0.6 is 0 Å². The summed E-state index contributed by atoms with van der Waals surface area (Å²) < 4.78 is 47.7. The molecule has 2 aromatic rings. The molecule has 1 saturated carbocycles. The summed E-state index contributed by atoms with van der Waals surface area (Å²) in [4.78, 5) is 41.8. The van der Waals surface area contributed by atoms with Crippen molar-refractivity contribution in [3.63, 3.8) is 0 Å². The zero-order chi connectivity index (χ0) is 21.1. The number of carbonyl (C=O) groups is 2. The van der Waals surface area contributed by atoms with E-state index >= 15 is 0 Å². The minimum atomic E-state index is -3.09. The van der Waals surface area contributed by atoms with E-state index in [9.17, 15) is 14.4 Å². The average molecular weight is 305 g/mol. The minimum absolute atomic E-state index is 0.0209. The zero-order valence-corrected chi connectivity index (χ0v) is 11.5. The Balaban J connectivity index is 2.54. The van der Waals surface area contributed by atoms with Crippen LogP contribution < -0.4 is 11.3 Å². The number of nitrogen functional groups attached to an aromatic ring is 1. The van der Waals surface area contributed by atoms with E-state index < -0.39 is 55.0 Å². The largest absolute Gasteiger partial charge is 0.398 e. The second-order valence-electron chi connectivity index (χ2n) is 5.32. The van der Waals surface area contributed by atoms with Crippen LogP contribution in [0.25, 0.3) is 10.9 Å². The van der Waals surface area contributed by atoms with Gasteiger partial charge in [0, 0.05) is 20.3 Å². The molecule has 0 unspecified atom stereocenters. The summed E-state index contributed by atoms with van der Waals surface area (Å²) in [5.41, 5.74) is 2.26. The summed E-state index contributed by atoms with van der Waals surface area (Å²) in [6.45, 7) is -6.08. The number of anilines is 1. The van der Waals surface area contributed by atoms with Crippen LogP contribution in [0.2, 0.25) is 0 Å². The fourth-order valence-electron chi connectivity index (χ4n) is 2.72. The molecule has 6 heteroatoms. The molecule has 0 aliphatic heterocycles. The van der Waals surface area contributed by atoms with Gasteiger partial charge in [0.05, 0.1) is 17.3 Å². The monoisotopic (exact) mass is 305 g/mol. The van der Waals surface area contributed by atoms with E-state index in [-0.39, 0.29) is 23.0 Å². The van der Waals surface area contributed by atoms with Gasteiger partial charge in [-0.1, -0.05) is 6.07 Å². The lowest BCUT2D eigenvalue weighted by Gasteiger charge is -2.34. The molecule has 0 radical (unpaired) electrons. The van der Waals surface area contributed by atoms with E-state index in [1.165, 1.54) is 18.2 Å². The second-order valence-corrected chi connectivity index (χ2v) is 5.32. The molecule has 3 rings (SSSR count). The standard InChI is InChI=1S/C16H17N3O3/c1-9-18-12-5-3-4-11(17)14(12)15(22)19(9)16(2)7-6-10(20)8-13(16)21/h3-5H,6-8,17H2,1-2H3/t16-/m1/s1/i1D3,2D3. The van der Waals surface area contributed by atoms with Crippen molar-refractivity contribution >= 4 is 28.2 Å². The van der Waals surface area contributed by atoms with Crippen LogP contribution in [-0.4, -0.2) is 21.1 Å². The third kappa shape index (κ3) is 1.94. The van der Waals surface area contributed by atoms with E-state index in [0.717, 1.165) is 0 Å². The number of ketones is 2. The molecule has 0 saturated heterocycles. The van der Waals surface area contributed by atoms with Crippen LogP contribution in [0.4, 0.5) is 5.69 Å². The molecule has 1 heterocycles. The van der Waals surface area contributed by atoms with Crippen LogP contribution in [0, 0.1) is 6.85 Å². The summed E-state index contributed by atoms with van der Waals surface area (Å²) in [7, 11) is 0. The van der Waals surface area contributed by atoms with Gasteiger partial charge in [0.2, 0.25) is 0 Å². The summed E-state index contributed by atoms with van der Waals surface area (Å²) >= 11 is 0. The molecule has 1 fully saturated rings. The Morgan fingerprint density at radius 3 is 2.86 bits per heavy atom. The van der Waals surface area contributed by atoms with Crippen molar-refractivity contribution in [1.29, 1.82) is 0 Å². The van der Waals surface area contributed by atoms with Gasteiger partial charge in [-0.05, 0) is 32.3 Å². The van der Waals surface area contributed by atoms with Crippen molar-refractivity contribution in [2.75, 3.05) is 5.73 Å². The Hall–Kier alpha value is -2.50. The third-order valence-corrected chi connectivity index (χ3v) is 3.90. The molecule has 22 heavy (non-hydrogen) atoms. The first-order valence-electron chi connectivity index (χ1n) is 9.68. The van der Waals surface area contributed by atoms with Crippen molar-refractivity contribution in [1.82, 2.24) is 9.55 Å². The fraction of sp³-hybridized carbons (Fsp3) is 0.375. The molecule has 1 aromatic carbocycles. The Morgan fingerprint density at radius 2 is 2.18 bits per heavy atom. The Morgan fingerprint density at radius 1 is 1.36 bits per heavy atom. The molecular formula is C16H17N3O3. The SMILES string of the molecule is [2H]C([2H])([2H])c1nc2cccc(N)c2c(=O)n1[C@]1(C([2H])([2H])[2H])CCC(=O)CC1=O. The van der Waals surface area contributed by atoms with Gasteiger partial charge < -0.3 is 5.73 Å². The summed E-state index contributed by atoms with van der Waals surface area (Å²) in [5.74, 6) is -2.33. The molecule has 114 valence electrons. The topological polar surface area (TPSA) is 95.0 Å². The van der Waals surface area contributed by atoms with Gasteiger partial charge in [-0.3, -0.25) is 19.0 Å². The number of aromatic nitrogens is 2. The van der Waals surface area contributed by atoms with Gasteiger partial charge in [-0.2, -0.15) is 0 Å². The number of nitrogens with two attached hydrogens (primary N) is 1. The van der Waals surface area contributed by atoms with Crippen LogP contribution in [-0.2, 0) is 15.1 Å². The van der Waals surface area contributed by atoms with E-state index in [1.54, 1.807) is 0 Å². The Labute approximate surface area is 135 Å². The number of nitrogens with zero attached hydrogens (tertiary/aromatic N) is 2. The average Bonchev–Trinajstić information content (AvgIpc) is 2.53. The number of fused-ring (bicyclic) bond motifs is 1. The predicted octanol–water partition coefficient (Wildman–Crippen LogP) is 1.32. The van der Waals surface area contributed by atoms with Gasteiger partial charge in [-0.15, -0.1) is 0 Å². The first-order valence-corrected chi connectivity index (χ1v) is 6.68. The number of benzene rings is 1. The zero-order valence-electron chi connectivity index (χ0n) is 17.5. The van der Waals surface area contributed by atoms with Gasteiger partial charge in [-0.25, -0.2) is 4.98 Å². The smallest absolute Gasteiger partial charge is 0.264 e. The van der Waals surface area contributed by atoms with Gasteiger partial charge in [0.15, 0.2) is 5.78 Å². The number of aryl methyl sites for hydroxylation is 1. The van der Waals surface area contributed by atoms with E-state index in [2.05, 4.69) is 4.98 Å². The number of hydrogen-bond acceptors (Lipinski definition) is 5. The molecule has 0 amide bonds. The first kappa shape index (κ1) is 8.82. The van der Waals surface area contributed by atoms with E-state index in [0.29, 0.717) is 4.57 Å². The molecule has 6 nitrogen and oxygen atoms in total. The van der Waals surface area contributed by atoms with Gasteiger partial charge in [0.1, 0.15) is 17.1 Å². The molecule has 1 atom stereocenters. The fourth-order valence-corrected chi connectivity index (χ4v) is 2.72. The van der Waals surface area contributed by atoms with Crippen LogP contribution in [0.15, 0.2) is 23.0 Å². The van der Waals surface area contributed by atoms with Gasteiger partial charge in [0.25, 0.3) is 5.56 Å². The summed E-state index contributed by atoms with van der Waals surface area (Å²) in [6, 6.07) is 4.24. The maximum atomic E-state index is 13.3. The molecular weight excluding hydrogens is 282 g/mol. The van der Waals surface area contributed by atoms with Crippen LogP contribution in [0.1, 0.15) is 40.2 Å². The normalized spacial score (nSPS) is 27.5. The highest BCUT2D eigenvalue weighted by atomic mass is 16.2. The number of carbonyl (C=O) groups excluding carboxylic acids is 2. The van der Waals surface area contributed by atoms with Crippen molar-refractivity contribution in [3.05, 3.63) is 34.4 Å². The third-order valence-electron chi connectivity index (χ3n) is 3.90. The van der Waals surface area contributed by atoms with Crippen molar-refractivity contribution in [2.45, 2.75) is 38.5 Å². The lowest BCUT2D eigenvalue weighted by molar-refractivity contribution is -0.136. The second kappa shape index (κ2) is 4.76. The maximum Gasteiger partial charge on any atom is 0.264 e. The van der Waals surface area contributed by atoms with E-state index in [4.69, 9.17) is 14.0 Å². The molecule has 0 spiro atoms. The number of Topliss-reactive ketones (excluding diaryl/α,β-unsaturated/α-hetero) is 2. The molecule has 1 aliphatic rings. The van der Waals surface area contributed by atoms with E-state index in [1.807, 2.05) is 0 Å². The predicted molar refractivity (Wildman–Crippen MR) is 82.7 cm³/mol. The van der Waals surface area contributed by atoms with Crippen LogP contribution in [0.3, 0.4) is 0 Å². The minimum Gasteiger partial charge on any atom is -0.398 e. The van der Waals surface area contributed by atoms with Crippen molar-refractivity contribution in [2.24, 2.45) is 0 Å². The Bertz CT molecular complexity index is 1060. The number of hydrogen-bond donors (Lipinski definition) is 1. The first-order chi connectivity index (χ1) is 12.8. The molecule has 1 aromatic heterocycles. The lowest BCUT2D eigenvalue weighted by Crippen LogP contribution is -2.49. The van der Waals surface area contributed by atoms with Crippen molar-refractivity contribution in [3.8, 4) is 0 Å². The Kier molecular flexibility index (Phi) is 1.91. The van der Waals surface area contributed by atoms with Crippen molar-refractivity contribution < 1.29 is 17.8 Å². The summed E-state index contributed by atoms with van der Waals surface area (Å²) in [5, 5.41) is -0.177. The highest BCUT2D eigenvalue weighted by molar-refractivity contribution is 6.05. The quantitative estimate of drug-likeness (QED) is 0.633. The highest BCUT2D eigenvalue weighted by Gasteiger charge is 2.41. The van der Waals surface area contributed by atoms with Crippen LogP contribution in [0.5, 0.6) is 0 Å². The highest BCUT2D eigenvalue weighted by Crippen LogP contribution is 2.30. The molecule has 0 bridgehead atoms. The maximum absolute atomic E-state index is 13.3. The summed E-state index contributed by atoms with van der Waals surface area (Å²) in [6.07, 6.45) is -1.50.